The Morgan fingerprint density at radius 3 is 2.61 bits per heavy atom. The van der Waals surface area contributed by atoms with Crippen LogP contribution in [0.4, 0.5) is 0 Å². The summed E-state index contributed by atoms with van der Waals surface area (Å²) >= 11 is 0. The van der Waals surface area contributed by atoms with Crippen molar-refractivity contribution >= 4 is 16.9 Å². The molecule has 3 aromatic rings. The number of ether oxygens (including phenoxy) is 1. The highest BCUT2D eigenvalue weighted by atomic mass is 16.5. The summed E-state index contributed by atoms with van der Waals surface area (Å²) in [6, 6.07) is 16.1. The van der Waals surface area contributed by atoms with Gasteiger partial charge in [0.2, 0.25) is 0 Å². The number of aryl methyl sites for hydroxylation is 1. The molecule has 0 spiro atoms. The van der Waals surface area contributed by atoms with Gasteiger partial charge in [-0.05, 0) is 49.1 Å². The Morgan fingerprint density at radius 1 is 1.14 bits per heavy atom. The molecule has 0 saturated carbocycles. The van der Waals surface area contributed by atoms with E-state index in [4.69, 9.17) is 9.72 Å². The summed E-state index contributed by atoms with van der Waals surface area (Å²) < 4.78 is 5.70. The fourth-order valence-corrected chi connectivity index (χ4v) is 3.85. The maximum Gasteiger partial charge on any atom is 0.260 e. The molecule has 5 heteroatoms. The minimum absolute atomic E-state index is 0.0562. The van der Waals surface area contributed by atoms with Crippen LogP contribution >= 0.6 is 0 Å². The minimum Gasteiger partial charge on any atom is -0.484 e. The Labute approximate surface area is 165 Å². The van der Waals surface area contributed by atoms with Gasteiger partial charge < -0.3 is 14.6 Å². The van der Waals surface area contributed by atoms with Gasteiger partial charge >= 0.3 is 0 Å². The van der Waals surface area contributed by atoms with Gasteiger partial charge in [0.05, 0.1) is 11.0 Å². The highest BCUT2D eigenvalue weighted by Gasteiger charge is 2.25. The first-order valence-electron chi connectivity index (χ1n) is 10.2. The van der Waals surface area contributed by atoms with Gasteiger partial charge in [-0.2, -0.15) is 0 Å². The van der Waals surface area contributed by atoms with Crippen LogP contribution in [-0.4, -0.2) is 40.5 Å². The van der Waals surface area contributed by atoms with Crippen molar-refractivity contribution in [2.24, 2.45) is 0 Å². The third kappa shape index (κ3) is 4.19. The number of imidazole rings is 1. The quantitative estimate of drug-likeness (QED) is 0.697. The van der Waals surface area contributed by atoms with Gasteiger partial charge in [0.1, 0.15) is 11.6 Å². The molecule has 1 saturated heterocycles. The number of carbonyl (C=O) groups is 1. The van der Waals surface area contributed by atoms with Gasteiger partial charge in [-0.1, -0.05) is 37.6 Å². The summed E-state index contributed by atoms with van der Waals surface area (Å²) in [7, 11) is 0. The Morgan fingerprint density at radius 2 is 1.89 bits per heavy atom. The largest absolute Gasteiger partial charge is 0.484 e. The maximum atomic E-state index is 12.5. The molecule has 5 nitrogen and oxygen atoms in total. The second kappa shape index (κ2) is 8.46. The molecule has 0 bridgehead atoms. The van der Waals surface area contributed by atoms with Gasteiger partial charge in [0.15, 0.2) is 6.61 Å². The van der Waals surface area contributed by atoms with Crippen LogP contribution in [0.15, 0.2) is 48.5 Å². The van der Waals surface area contributed by atoms with Crippen molar-refractivity contribution in [2.45, 2.75) is 38.5 Å². The normalized spacial score (nSPS) is 15.1. The van der Waals surface area contributed by atoms with Crippen molar-refractivity contribution < 1.29 is 9.53 Å². The van der Waals surface area contributed by atoms with Crippen LogP contribution in [0.2, 0.25) is 0 Å². The number of H-pyrrole nitrogens is 1. The number of piperidine rings is 1. The van der Waals surface area contributed by atoms with Gasteiger partial charge in [0.25, 0.3) is 5.91 Å². The lowest BCUT2D eigenvalue weighted by atomic mass is 9.96. The maximum absolute atomic E-state index is 12.5. The predicted molar refractivity (Wildman–Crippen MR) is 111 cm³/mol. The van der Waals surface area contributed by atoms with Gasteiger partial charge in [-0.25, -0.2) is 4.98 Å². The highest BCUT2D eigenvalue weighted by Crippen LogP contribution is 2.27. The second-order valence-corrected chi connectivity index (χ2v) is 7.48. The number of amides is 1. The number of likely N-dealkylation sites (tertiary alicyclic amines) is 1. The summed E-state index contributed by atoms with van der Waals surface area (Å²) in [4.78, 5) is 22.6. The number of benzene rings is 2. The van der Waals surface area contributed by atoms with Crippen molar-refractivity contribution in [3.8, 4) is 5.75 Å². The number of para-hydroxylation sites is 2. The number of rotatable bonds is 6. The van der Waals surface area contributed by atoms with Crippen molar-refractivity contribution in [3.63, 3.8) is 0 Å². The second-order valence-electron chi connectivity index (χ2n) is 7.48. The number of hydrogen-bond donors (Lipinski definition) is 1. The molecule has 1 aromatic heterocycles. The number of nitrogens with one attached hydrogen (secondary N) is 1. The topological polar surface area (TPSA) is 58.2 Å². The number of carbonyl (C=O) groups excluding carboxylic acids is 1. The predicted octanol–water partition coefficient (Wildman–Crippen LogP) is 4.30. The summed E-state index contributed by atoms with van der Waals surface area (Å²) in [5.74, 6) is 2.23. The number of fused-ring (bicyclic) bond motifs is 1. The van der Waals surface area contributed by atoms with Crippen molar-refractivity contribution in [2.75, 3.05) is 19.7 Å². The van der Waals surface area contributed by atoms with Crippen molar-refractivity contribution in [1.29, 1.82) is 0 Å². The van der Waals surface area contributed by atoms with Gasteiger partial charge in [0, 0.05) is 19.0 Å². The zero-order valence-electron chi connectivity index (χ0n) is 16.4. The molecule has 0 unspecified atom stereocenters. The number of hydrogen-bond acceptors (Lipinski definition) is 3. The van der Waals surface area contributed by atoms with Crippen LogP contribution in [0.1, 0.15) is 43.5 Å². The highest BCUT2D eigenvalue weighted by molar-refractivity contribution is 5.78. The van der Waals surface area contributed by atoms with Crippen LogP contribution in [0.3, 0.4) is 0 Å². The number of nitrogens with zero attached hydrogens (tertiary/aromatic N) is 2. The monoisotopic (exact) mass is 377 g/mol. The number of aromatic nitrogens is 2. The summed E-state index contributed by atoms with van der Waals surface area (Å²) in [6.45, 7) is 3.77. The van der Waals surface area contributed by atoms with E-state index >= 15 is 0 Å². The van der Waals surface area contributed by atoms with E-state index in [1.165, 1.54) is 5.56 Å². The zero-order chi connectivity index (χ0) is 19.3. The standard InChI is InChI=1S/C23H27N3O2/c1-2-5-17-8-10-19(11-9-17)28-16-22(27)26-14-12-18(13-15-26)23-24-20-6-3-4-7-21(20)25-23/h3-4,6-11,18H,2,5,12-16H2,1H3,(H,24,25). The van der Waals surface area contributed by atoms with E-state index in [0.29, 0.717) is 5.92 Å². The molecular formula is C23H27N3O2. The minimum atomic E-state index is 0.0562. The first-order valence-corrected chi connectivity index (χ1v) is 10.2. The van der Waals surface area contributed by atoms with E-state index in [1.54, 1.807) is 0 Å². The van der Waals surface area contributed by atoms with E-state index in [9.17, 15) is 4.79 Å². The SMILES string of the molecule is CCCc1ccc(OCC(=O)N2CCC(c3nc4ccccc4[nH]3)CC2)cc1. The third-order valence-corrected chi connectivity index (χ3v) is 5.47. The molecule has 0 atom stereocenters. The Balaban J connectivity index is 1.27. The summed E-state index contributed by atoms with van der Waals surface area (Å²) in [6.07, 6.45) is 4.05. The van der Waals surface area contributed by atoms with Crippen LogP contribution in [-0.2, 0) is 11.2 Å². The molecule has 1 aliphatic rings. The molecule has 146 valence electrons. The molecule has 28 heavy (non-hydrogen) atoms. The molecule has 0 radical (unpaired) electrons. The molecule has 1 N–H and O–H groups in total. The Kier molecular flexibility index (Phi) is 5.60. The Hall–Kier alpha value is -2.82. The fourth-order valence-electron chi connectivity index (χ4n) is 3.85. The lowest BCUT2D eigenvalue weighted by molar-refractivity contribution is -0.134. The molecule has 2 heterocycles. The first-order chi connectivity index (χ1) is 13.7. The summed E-state index contributed by atoms with van der Waals surface area (Å²) in [5.41, 5.74) is 3.39. The average Bonchev–Trinajstić information content (AvgIpc) is 3.18. The molecule has 1 aliphatic heterocycles. The van der Waals surface area contributed by atoms with Crippen molar-refractivity contribution in [3.05, 3.63) is 59.9 Å². The van der Waals surface area contributed by atoms with E-state index in [1.807, 2.05) is 35.2 Å². The molecule has 2 aromatic carbocycles. The summed E-state index contributed by atoms with van der Waals surface area (Å²) in [5, 5.41) is 0. The first kappa shape index (κ1) is 18.5. The average molecular weight is 377 g/mol. The van der Waals surface area contributed by atoms with Crippen LogP contribution in [0.5, 0.6) is 5.75 Å². The molecular weight excluding hydrogens is 350 g/mol. The van der Waals surface area contributed by atoms with Crippen LogP contribution in [0, 0.1) is 0 Å². The van der Waals surface area contributed by atoms with Crippen LogP contribution < -0.4 is 4.74 Å². The third-order valence-electron chi connectivity index (χ3n) is 5.47. The molecule has 0 aliphatic carbocycles. The van der Waals surface area contributed by atoms with Gasteiger partial charge in [-0.3, -0.25) is 4.79 Å². The van der Waals surface area contributed by atoms with E-state index in [-0.39, 0.29) is 12.5 Å². The van der Waals surface area contributed by atoms with Crippen molar-refractivity contribution in [1.82, 2.24) is 14.9 Å². The van der Waals surface area contributed by atoms with Gasteiger partial charge in [-0.15, -0.1) is 0 Å². The number of aromatic amines is 1. The van der Waals surface area contributed by atoms with E-state index < -0.39 is 0 Å². The Bertz CT molecular complexity index is 891. The van der Waals surface area contributed by atoms with Crippen LogP contribution in [0.25, 0.3) is 11.0 Å². The fraction of sp³-hybridized carbons (Fsp3) is 0.391. The lowest BCUT2D eigenvalue weighted by Crippen LogP contribution is -2.40. The smallest absolute Gasteiger partial charge is 0.260 e. The molecule has 4 rings (SSSR count). The zero-order valence-corrected chi connectivity index (χ0v) is 16.4. The lowest BCUT2D eigenvalue weighted by Gasteiger charge is -2.31. The molecule has 1 fully saturated rings. The van der Waals surface area contributed by atoms with E-state index in [2.05, 4.69) is 30.1 Å². The molecule has 1 amide bonds. The van der Waals surface area contributed by atoms with E-state index in [0.717, 1.165) is 61.4 Å².